The molecule has 1 aromatic heterocycles. The molecule has 202 valence electrons. The smallest absolute Gasteiger partial charge is 0.291 e. The number of hydrogen-bond donors (Lipinski definition) is 2. The molecule has 1 atom stereocenters. The second-order valence-electron chi connectivity index (χ2n) is 10.1. The maximum atomic E-state index is 13.2. The Balaban J connectivity index is 1.23. The minimum Gasteiger partial charge on any atom is -0.489 e. The molecular weight excluding hydrogens is 506 g/mol. The highest BCUT2D eigenvalue weighted by Crippen LogP contribution is 2.31. The molecule has 1 aliphatic heterocycles. The molecule has 2 amide bonds. The zero-order valence-electron chi connectivity index (χ0n) is 22.5. The van der Waals surface area contributed by atoms with E-state index < -0.39 is 17.6 Å². The highest BCUT2D eigenvalue weighted by Gasteiger charge is 2.31. The van der Waals surface area contributed by atoms with E-state index in [-0.39, 0.29) is 18.3 Å². The molecule has 2 N–H and O–H groups in total. The van der Waals surface area contributed by atoms with Crippen LogP contribution in [0.25, 0.3) is 11.1 Å². The first kappa shape index (κ1) is 26.7. The van der Waals surface area contributed by atoms with Gasteiger partial charge in [0.05, 0.1) is 12.2 Å². The van der Waals surface area contributed by atoms with Crippen LogP contribution in [-0.4, -0.2) is 57.0 Å². The minimum absolute atomic E-state index is 0.0395. The monoisotopic (exact) mass is 535 g/mol. The molecule has 9 heteroatoms. The number of aliphatic hydroxyl groups is 1. The Morgan fingerprint density at radius 2 is 1.82 bits per heavy atom. The highest BCUT2D eigenvalue weighted by atomic mass is 16.5. The van der Waals surface area contributed by atoms with Crippen molar-refractivity contribution < 1.29 is 19.4 Å². The van der Waals surface area contributed by atoms with Crippen molar-refractivity contribution in [1.82, 2.24) is 20.1 Å². The molecule has 0 bridgehead atoms. The maximum absolute atomic E-state index is 13.2. The topological polar surface area (TPSA) is 110 Å². The number of aromatic nitrogens is 3. The van der Waals surface area contributed by atoms with Gasteiger partial charge in [0.25, 0.3) is 11.8 Å². The van der Waals surface area contributed by atoms with E-state index in [2.05, 4.69) is 39.4 Å². The van der Waals surface area contributed by atoms with Crippen LogP contribution in [0.1, 0.15) is 35.6 Å². The number of carbonyl (C=O) groups excluding carboxylic acids is 2. The van der Waals surface area contributed by atoms with E-state index in [0.717, 1.165) is 16.7 Å². The summed E-state index contributed by atoms with van der Waals surface area (Å²) in [5.74, 6) is 5.18. The van der Waals surface area contributed by atoms with Crippen molar-refractivity contribution >= 4 is 17.5 Å². The fourth-order valence-corrected chi connectivity index (χ4v) is 4.22. The van der Waals surface area contributed by atoms with Gasteiger partial charge in [0.15, 0.2) is 0 Å². The summed E-state index contributed by atoms with van der Waals surface area (Å²) in [4.78, 5) is 31.7. The number of ether oxygens (including phenoxy) is 1. The van der Waals surface area contributed by atoms with Gasteiger partial charge < -0.3 is 20.1 Å². The zero-order valence-corrected chi connectivity index (χ0v) is 22.5. The lowest BCUT2D eigenvalue weighted by Gasteiger charge is -2.20. The molecule has 4 aromatic rings. The molecule has 5 rings (SSSR count). The molecule has 1 unspecified atom stereocenters. The average Bonchev–Trinajstić information content (AvgIpc) is 3.38. The van der Waals surface area contributed by atoms with Gasteiger partial charge in [0.1, 0.15) is 30.3 Å². The number of anilines is 1. The molecule has 0 fully saturated rings. The molecule has 9 nitrogen and oxygen atoms in total. The van der Waals surface area contributed by atoms with E-state index in [1.807, 2.05) is 42.5 Å². The highest BCUT2D eigenvalue weighted by molar-refractivity contribution is 6.02. The summed E-state index contributed by atoms with van der Waals surface area (Å²) in [6.45, 7) is 3.58. The van der Waals surface area contributed by atoms with Crippen molar-refractivity contribution in [3.05, 3.63) is 96.1 Å². The second kappa shape index (κ2) is 11.0. The van der Waals surface area contributed by atoms with Gasteiger partial charge in [-0.25, -0.2) is 9.67 Å². The van der Waals surface area contributed by atoms with Gasteiger partial charge in [-0.2, -0.15) is 0 Å². The standard InChI is InChI=1S/C31H29N5O4/c1-31(2,39)16-15-21-11-14-27-26(17-21)35(3)30(38)25(19-40-27)33-29(37)28-32-20-36(34-28)18-22-9-12-24(13-10-22)23-7-5-4-6-8-23/h4-14,17,20,25,39H,18-19H2,1-3H3,(H,33,37). The molecule has 0 aliphatic carbocycles. The van der Waals surface area contributed by atoms with E-state index in [1.165, 1.54) is 11.2 Å². The third-order valence-electron chi connectivity index (χ3n) is 6.32. The van der Waals surface area contributed by atoms with Crippen molar-refractivity contribution in [2.45, 2.75) is 32.0 Å². The fourth-order valence-electron chi connectivity index (χ4n) is 4.22. The number of likely N-dealkylation sites (N-methyl/N-ethyl adjacent to an activating group) is 1. The van der Waals surface area contributed by atoms with Gasteiger partial charge in [-0.3, -0.25) is 9.59 Å². The fraction of sp³-hybridized carbons (Fsp3) is 0.226. The van der Waals surface area contributed by atoms with Crippen LogP contribution in [0.5, 0.6) is 5.75 Å². The number of benzene rings is 3. The van der Waals surface area contributed by atoms with Crippen LogP contribution in [0.2, 0.25) is 0 Å². The second-order valence-corrected chi connectivity index (χ2v) is 10.1. The van der Waals surface area contributed by atoms with E-state index >= 15 is 0 Å². The van der Waals surface area contributed by atoms with Crippen LogP contribution < -0.4 is 15.0 Å². The third kappa shape index (κ3) is 6.20. The average molecular weight is 536 g/mol. The van der Waals surface area contributed by atoms with Gasteiger partial charge >= 0.3 is 0 Å². The number of nitrogens with zero attached hydrogens (tertiary/aromatic N) is 4. The summed E-state index contributed by atoms with van der Waals surface area (Å²) in [6.07, 6.45) is 1.49. The molecule has 0 radical (unpaired) electrons. The van der Waals surface area contributed by atoms with Gasteiger partial charge in [-0.15, -0.1) is 5.10 Å². The number of amides is 2. The van der Waals surface area contributed by atoms with E-state index in [1.54, 1.807) is 43.8 Å². The summed E-state index contributed by atoms with van der Waals surface area (Å²) in [5.41, 5.74) is 3.26. The first-order valence-electron chi connectivity index (χ1n) is 12.8. The molecule has 1 aliphatic rings. The maximum Gasteiger partial charge on any atom is 0.291 e. The Hall–Kier alpha value is -4.94. The lowest BCUT2D eigenvalue weighted by atomic mass is 10.0. The number of rotatable bonds is 5. The summed E-state index contributed by atoms with van der Waals surface area (Å²) >= 11 is 0. The molecular formula is C31H29N5O4. The molecule has 40 heavy (non-hydrogen) atoms. The molecule has 3 aromatic carbocycles. The molecule has 0 saturated heterocycles. The number of fused-ring (bicyclic) bond motifs is 1. The normalized spacial score (nSPS) is 14.8. The largest absolute Gasteiger partial charge is 0.489 e. The van der Waals surface area contributed by atoms with Crippen molar-refractivity contribution in [1.29, 1.82) is 0 Å². The van der Waals surface area contributed by atoms with Gasteiger partial charge in [-0.1, -0.05) is 66.4 Å². The SMILES string of the molecule is CN1C(=O)C(NC(=O)c2ncn(Cc3ccc(-c4ccccc4)cc3)n2)COc2ccc(C#CC(C)(C)O)cc21. The van der Waals surface area contributed by atoms with Crippen molar-refractivity contribution in [2.75, 3.05) is 18.6 Å². The lowest BCUT2D eigenvalue weighted by Crippen LogP contribution is -2.49. The van der Waals surface area contributed by atoms with E-state index in [9.17, 15) is 14.7 Å². The van der Waals surface area contributed by atoms with Crippen LogP contribution >= 0.6 is 0 Å². The Morgan fingerprint density at radius 3 is 2.55 bits per heavy atom. The predicted octanol–water partition coefficient (Wildman–Crippen LogP) is 3.27. The predicted molar refractivity (Wildman–Crippen MR) is 151 cm³/mol. The minimum atomic E-state index is -1.14. The number of carbonyl (C=O) groups is 2. The summed E-state index contributed by atoms with van der Waals surface area (Å²) in [6, 6.07) is 22.5. The number of hydrogen-bond acceptors (Lipinski definition) is 6. The summed E-state index contributed by atoms with van der Waals surface area (Å²) in [7, 11) is 1.61. The molecule has 0 spiro atoms. The van der Waals surface area contributed by atoms with Crippen LogP contribution in [0.4, 0.5) is 5.69 Å². The Kier molecular flexibility index (Phi) is 7.36. The lowest BCUT2D eigenvalue weighted by molar-refractivity contribution is -0.120. The van der Waals surface area contributed by atoms with Crippen LogP contribution in [0.3, 0.4) is 0 Å². The van der Waals surface area contributed by atoms with Gasteiger partial charge in [0, 0.05) is 12.6 Å². The Morgan fingerprint density at radius 1 is 1.10 bits per heavy atom. The van der Waals surface area contributed by atoms with Crippen molar-refractivity contribution in [2.24, 2.45) is 0 Å². The van der Waals surface area contributed by atoms with E-state index in [4.69, 9.17) is 4.74 Å². The summed E-state index contributed by atoms with van der Waals surface area (Å²) in [5, 5.41) is 16.9. The van der Waals surface area contributed by atoms with Crippen molar-refractivity contribution in [3.63, 3.8) is 0 Å². The quantitative estimate of drug-likeness (QED) is 0.380. The van der Waals surface area contributed by atoms with Gasteiger partial charge in [0.2, 0.25) is 5.82 Å². The van der Waals surface area contributed by atoms with E-state index in [0.29, 0.717) is 23.5 Å². The number of nitrogens with one attached hydrogen (secondary N) is 1. The third-order valence-corrected chi connectivity index (χ3v) is 6.32. The first-order chi connectivity index (χ1) is 19.2. The first-order valence-corrected chi connectivity index (χ1v) is 12.8. The van der Waals surface area contributed by atoms with Crippen LogP contribution in [0, 0.1) is 11.8 Å². The van der Waals surface area contributed by atoms with Gasteiger partial charge in [-0.05, 0) is 48.7 Å². The zero-order chi connectivity index (χ0) is 28.3. The Bertz CT molecular complexity index is 1590. The molecule has 2 heterocycles. The molecule has 0 saturated carbocycles. The van der Waals surface area contributed by atoms with Crippen molar-refractivity contribution in [3.8, 4) is 28.7 Å². The van der Waals surface area contributed by atoms with Crippen LogP contribution in [-0.2, 0) is 11.3 Å². The summed E-state index contributed by atoms with van der Waals surface area (Å²) < 4.78 is 7.42. The Labute approximate surface area is 232 Å². The van der Waals surface area contributed by atoms with Crippen LogP contribution in [0.15, 0.2) is 79.1 Å².